The second-order valence-corrected chi connectivity index (χ2v) is 7.28. The Bertz CT molecular complexity index is 560. The minimum atomic E-state index is 0.0742. The number of piperidine rings is 1. The molecule has 0 bridgehead atoms. The van der Waals surface area contributed by atoms with Crippen molar-refractivity contribution < 1.29 is 4.79 Å². The van der Waals surface area contributed by atoms with Gasteiger partial charge in [-0.05, 0) is 42.2 Å². The number of carbonyl (C=O) groups excluding carboxylic acids is 1. The molecule has 2 aliphatic rings. The molecule has 0 aromatic carbocycles. The highest BCUT2D eigenvalue weighted by atomic mass is 32.1. The average Bonchev–Trinajstić information content (AvgIpc) is 3.00. The summed E-state index contributed by atoms with van der Waals surface area (Å²) in [6.45, 7) is 5.84. The molecule has 120 valence electrons. The lowest BCUT2D eigenvalue weighted by Gasteiger charge is -2.31. The molecule has 0 atom stereocenters. The van der Waals surface area contributed by atoms with Crippen molar-refractivity contribution in [1.29, 1.82) is 0 Å². The van der Waals surface area contributed by atoms with Crippen LogP contribution in [0.15, 0.2) is 16.4 Å². The predicted molar refractivity (Wildman–Crippen MR) is 89.9 cm³/mol. The molecule has 0 radical (unpaired) electrons. The molecule has 0 unspecified atom stereocenters. The summed E-state index contributed by atoms with van der Waals surface area (Å²) in [6, 6.07) is 2.12. The summed E-state index contributed by atoms with van der Waals surface area (Å²) in [5.41, 5.74) is 7.32. The van der Waals surface area contributed by atoms with Gasteiger partial charge in [0.2, 0.25) is 5.91 Å². The van der Waals surface area contributed by atoms with E-state index in [0.29, 0.717) is 12.5 Å². The van der Waals surface area contributed by atoms with Crippen LogP contribution in [0.2, 0.25) is 0 Å². The quantitative estimate of drug-likeness (QED) is 0.666. The minimum Gasteiger partial charge on any atom is -0.370 e. The molecule has 1 aromatic rings. The number of carbonyl (C=O) groups is 1. The Morgan fingerprint density at radius 2 is 2.14 bits per heavy atom. The van der Waals surface area contributed by atoms with Crippen molar-refractivity contribution in [3.63, 3.8) is 0 Å². The zero-order chi connectivity index (χ0) is 15.5. The minimum absolute atomic E-state index is 0.0742. The number of nitrogens with zero attached hydrogens (tertiary/aromatic N) is 3. The van der Waals surface area contributed by atoms with Gasteiger partial charge in [0.25, 0.3) is 0 Å². The first-order chi connectivity index (χ1) is 10.6. The lowest BCUT2D eigenvalue weighted by atomic mass is 10.00. The fourth-order valence-electron chi connectivity index (χ4n) is 3.05. The Kier molecular flexibility index (Phi) is 4.66. The number of hydrogen-bond donors (Lipinski definition) is 1. The molecule has 3 heterocycles. The molecule has 1 saturated heterocycles. The van der Waals surface area contributed by atoms with Crippen LogP contribution in [-0.2, 0) is 17.8 Å². The van der Waals surface area contributed by atoms with Crippen LogP contribution in [-0.4, -0.2) is 47.8 Å². The van der Waals surface area contributed by atoms with Crippen LogP contribution in [0.5, 0.6) is 0 Å². The van der Waals surface area contributed by atoms with Crippen molar-refractivity contribution in [2.75, 3.05) is 26.2 Å². The molecule has 1 aromatic heterocycles. The predicted octanol–water partition coefficient (Wildman–Crippen LogP) is 1.68. The van der Waals surface area contributed by atoms with Crippen LogP contribution in [0, 0.1) is 5.92 Å². The fourth-order valence-corrected chi connectivity index (χ4v) is 3.94. The van der Waals surface area contributed by atoms with Gasteiger partial charge >= 0.3 is 0 Å². The summed E-state index contributed by atoms with van der Waals surface area (Å²) in [5.74, 6) is 1.36. The Morgan fingerprint density at radius 1 is 1.36 bits per heavy atom. The van der Waals surface area contributed by atoms with Crippen LogP contribution in [0.1, 0.15) is 30.2 Å². The smallest absolute Gasteiger partial charge is 0.244 e. The molecule has 3 rings (SSSR count). The zero-order valence-corrected chi connectivity index (χ0v) is 13.9. The van der Waals surface area contributed by atoms with Gasteiger partial charge in [-0.1, -0.05) is 6.92 Å². The van der Waals surface area contributed by atoms with E-state index in [1.54, 1.807) is 11.3 Å². The molecule has 6 heteroatoms. The highest BCUT2D eigenvalue weighted by molar-refractivity contribution is 7.10. The van der Waals surface area contributed by atoms with Gasteiger partial charge in [-0.3, -0.25) is 4.79 Å². The maximum atomic E-state index is 12.3. The first-order valence-corrected chi connectivity index (χ1v) is 8.89. The number of guanidine groups is 1. The van der Waals surface area contributed by atoms with Crippen molar-refractivity contribution >= 4 is 23.2 Å². The maximum Gasteiger partial charge on any atom is 0.244 e. The monoisotopic (exact) mass is 320 g/mol. The van der Waals surface area contributed by atoms with Crippen molar-refractivity contribution in [3.05, 3.63) is 21.9 Å². The summed E-state index contributed by atoms with van der Waals surface area (Å²) in [6.07, 6.45) is 3.26. The molecule has 5 nitrogen and oxygen atoms in total. The van der Waals surface area contributed by atoms with E-state index in [1.807, 2.05) is 4.90 Å². The van der Waals surface area contributed by atoms with Gasteiger partial charge in [0.05, 0.1) is 0 Å². The Labute approximate surface area is 135 Å². The molecule has 0 saturated carbocycles. The number of nitrogens with two attached hydrogens (primary N) is 1. The SMILES string of the molecule is CC1CCN(C(N)=NCC(=O)N2CCc3sccc3C2)CC1. The van der Waals surface area contributed by atoms with E-state index in [2.05, 4.69) is 28.3 Å². The maximum absolute atomic E-state index is 12.3. The molecule has 1 amide bonds. The van der Waals surface area contributed by atoms with Crippen molar-refractivity contribution in [1.82, 2.24) is 9.80 Å². The van der Waals surface area contributed by atoms with E-state index < -0.39 is 0 Å². The third-order valence-corrected chi connectivity index (χ3v) is 5.67. The van der Waals surface area contributed by atoms with Crippen LogP contribution in [0.3, 0.4) is 0 Å². The molecular formula is C16H24N4OS. The van der Waals surface area contributed by atoms with Gasteiger partial charge in [0.1, 0.15) is 6.54 Å². The number of fused-ring (bicyclic) bond motifs is 1. The molecular weight excluding hydrogens is 296 g/mol. The Balaban J connectivity index is 1.53. The molecule has 2 aliphatic heterocycles. The van der Waals surface area contributed by atoms with Gasteiger partial charge in [-0.25, -0.2) is 4.99 Å². The lowest BCUT2D eigenvalue weighted by molar-refractivity contribution is -0.130. The van der Waals surface area contributed by atoms with Gasteiger partial charge in [0.15, 0.2) is 5.96 Å². The highest BCUT2D eigenvalue weighted by Crippen LogP contribution is 2.24. The van der Waals surface area contributed by atoms with E-state index in [4.69, 9.17) is 5.73 Å². The van der Waals surface area contributed by atoms with Crippen LogP contribution in [0.4, 0.5) is 0 Å². The Hall–Kier alpha value is -1.56. The van der Waals surface area contributed by atoms with Gasteiger partial charge in [-0.2, -0.15) is 0 Å². The van der Waals surface area contributed by atoms with Crippen LogP contribution >= 0.6 is 11.3 Å². The largest absolute Gasteiger partial charge is 0.370 e. The fraction of sp³-hybridized carbons (Fsp3) is 0.625. The third-order valence-electron chi connectivity index (χ3n) is 4.64. The highest BCUT2D eigenvalue weighted by Gasteiger charge is 2.22. The standard InChI is InChI=1S/C16H24N4OS/c1-12-2-6-19(7-3-12)16(17)18-10-15(21)20-8-4-14-13(11-20)5-9-22-14/h5,9,12H,2-4,6-8,10-11H2,1H3,(H2,17,18). The number of amides is 1. The second kappa shape index (κ2) is 6.69. The van der Waals surface area contributed by atoms with Gasteiger partial charge in [-0.15, -0.1) is 11.3 Å². The zero-order valence-electron chi connectivity index (χ0n) is 13.1. The van der Waals surface area contributed by atoms with E-state index >= 15 is 0 Å². The number of aliphatic imine (C=N–C) groups is 1. The van der Waals surface area contributed by atoms with Crippen molar-refractivity contribution in [3.8, 4) is 0 Å². The van der Waals surface area contributed by atoms with E-state index in [-0.39, 0.29) is 12.5 Å². The first-order valence-electron chi connectivity index (χ1n) is 8.01. The van der Waals surface area contributed by atoms with E-state index in [9.17, 15) is 4.79 Å². The van der Waals surface area contributed by atoms with E-state index in [0.717, 1.165) is 44.8 Å². The molecule has 0 aliphatic carbocycles. The van der Waals surface area contributed by atoms with E-state index in [1.165, 1.54) is 10.4 Å². The summed E-state index contributed by atoms with van der Waals surface area (Å²) in [7, 11) is 0. The number of hydrogen-bond acceptors (Lipinski definition) is 3. The summed E-state index contributed by atoms with van der Waals surface area (Å²) < 4.78 is 0. The van der Waals surface area contributed by atoms with Crippen molar-refractivity contribution in [2.45, 2.75) is 32.7 Å². The topological polar surface area (TPSA) is 61.9 Å². The van der Waals surface area contributed by atoms with Gasteiger partial charge in [0, 0.05) is 31.1 Å². The average molecular weight is 320 g/mol. The van der Waals surface area contributed by atoms with Crippen molar-refractivity contribution in [2.24, 2.45) is 16.6 Å². The normalized spacial score (nSPS) is 20.1. The van der Waals surface area contributed by atoms with Gasteiger partial charge < -0.3 is 15.5 Å². The van der Waals surface area contributed by atoms with Crippen LogP contribution < -0.4 is 5.73 Å². The Morgan fingerprint density at radius 3 is 2.91 bits per heavy atom. The lowest BCUT2D eigenvalue weighted by Crippen LogP contribution is -2.43. The molecule has 22 heavy (non-hydrogen) atoms. The number of thiophene rings is 1. The summed E-state index contributed by atoms with van der Waals surface area (Å²) in [4.78, 5) is 22.0. The van der Waals surface area contributed by atoms with Crippen LogP contribution in [0.25, 0.3) is 0 Å². The number of likely N-dealkylation sites (tertiary alicyclic amines) is 1. The molecule has 2 N–H and O–H groups in total. The molecule has 1 fully saturated rings. The summed E-state index contributed by atoms with van der Waals surface area (Å²) in [5, 5.41) is 2.10. The molecule has 0 spiro atoms. The first kappa shape index (κ1) is 15.3. The third kappa shape index (κ3) is 3.43. The second-order valence-electron chi connectivity index (χ2n) is 6.28. The summed E-state index contributed by atoms with van der Waals surface area (Å²) >= 11 is 1.78. The number of rotatable bonds is 2.